The van der Waals surface area contributed by atoms with Crippen LogP contribution in [0.1, 0.15) is 17.5 Å². The molecule has 0 bridgehead atoms. The van der Waals surface area contributed by atoms with Crippen molar-refractivity contribution in [3.63, 3.8) is 0 Å². The van der Waals surface area contributed by atoms with E-state index in [1.165, 1.54) is 0 Å². The van der Waals surface area contributed by atoms with Gasteiger partial charge in [-0.1, -0.05) is 11.8 Å². The van der Waals surface area contributed by atoms with Crippen LogP contribution >= 0.6 is 0 Å². The number of aryl methyl sites for hydroxylation is 1. The van der Waals surface area contributed by atoms with E-state index in [4.69, 9.17) is 5.73 Å². The minimum absolute atomic E-state index is 0.0864. The van der Waals surface area contributed by atoms with Gasteiger partial charge in [-0.15, -0.1) is 0 Å². The predicted octanol–water partition coefficient (Wildman–Crippen LogP) is 0.881. The number of benzene rings is 1. The molecule has 1 amide bonds. The Balaban J connectivity index is 2.30. The summed E-state index contributed by atoms with van der Waals surface area (Å²) in [7, 11) is 0. The Morgan fingerprint density at radius 1 is 1.40 bits per heavy atom. The van der Waals surface area contributed by atoms with Gasteiger partial charge in [-0.05, 0) is 30.2 Å². The minimum Gasteiger partial charge on any atom is -0.326 e. The van der Waals surface area contributed by atoms with Gasteiger partial charge in [0.05, 0.1) is 6.54 Å². The lowest BCUT2D eigenvalue weighted by atomic mass is 10.0. The van der Waals surface area contributed by atoms with Crippen molar-refractivity contribution in [1.29, 1.82) is 0 Å². The van der Waals surface area contributed by atoms with Crippen molar-refractivity contribution < 1.29 is 4.79 Å². The monoisotopic (exact) mass is 200 g/mol. The zero-order chi connectivity index (χ0) is 10.7. The molecule has 3 nitrogen and oxygen atoms in total. The maximum Gasteiger partial charge on any atom is 0.224 e. The van der Waals surface area contributed by atoms with Gasteiger partial charge in [0.2, 0.25) is 5.91 Å². The van der Waals surface area contributed by atoms with E-state index in [0.717, 1.165) is 23.2 Å². The fraction of sp³-hybridized carbons (Fsp3) is 0.250. The highest BCUT2D eigenvalue weighted by Crippen LogP contribution is 2.23. The highest BCUT2D eigenvalue weighted by Gasteiger charge is 2.13. The molecule has 1 heterocycles. The number of carbonyl (C=O) groups excluding carboxylic acids is 1. The van der Waals surface area contributed by atoms with E-state index < -0.39 is 0 Å². The van der Waals surface area contributed by atoms with Crippen LogP contribution in [0.4, 0.5) is 5.69 Å². The second kappa shape index (κ2) is 4.16. The van der Waals surface area contributed by atoms with Gasteiger partial charge in [0, 0.05) is 17.7 Å². The molecule has 0 aromatic heterocycles. The lowest BCUT2D eigenvalue weighted by Gasteiger charge is -2.16. The van der Waals surface area contributed by atoms with E-state index in [1.807, 2.05) is 18.2 Å². The topological polar surface area (TPSA) is 55.1 Å². The van der Waals surface area contributed by atoms with Crippen LogP contribution in [-0.4, -0.2) is 12.5 Å². The highest BCUT2D eigenvalue weighted by atomic mass is 16.1. The Hall–Kier alpha value is -1.79. The molecule has 0 fully saturated rings. The fourth-order valence-electron chi connectivity index (χ4n) is 1.61. The summed E-state index contributed by atoms with van der Waals surface area (Å²) in [6.45, 7) is 0.369. The van der Waals surface area contributed by atoms with E-state index in [2.05, 4.69) is 17.2 Å². The molecule has 1 aromatic rings. The third kappa shape index (κ3) is 2.17. The molecule has 15 heavy (non-hydrogen) atoms. The molecule has 76 valence electrons. The fourth-order valence-corrected chi connectivity index (χ4v) is 1.61. The van der Waals surface area contributed by atoms with Crippen molar-refractivity contribution in [2.75, 3.05) is 11.9 Å². The molecule has 3 heteroatoms. The molecular formula is C12H12N2O. The van der Waals surface area contributed by atoms with E-state index in [1.54, 1.807) is 0 Å². The molecule has 3 N–H and O–H groups in total. The first-order chi connectivity index (χ1) is 7.29. The van der Waals surface area contributed by atoms with Gasteiger partial charge in [0.15, 0.2) is 0 Å². The first kappa shape index (κ1) is 9.75. The lowest BCUT2D eigenvalue weighted by Crippen LogP contribution is -2.18. The van der Waals surface area contributed by atoms with E-state index in [9.17, 15) is 4.79 Å². The van der Waals surface area contributed by atoms with Gasteiger partial charge >= 0.3 is 0 Å². The summed E-state index contributed by atoms with van der Waals surface area (Å²) in [6, 6.07) is 5.80. The van der Waals surface area contributed by atoms with Crippen LogP contribution in [0.2, 0.25) is 0 Å². The van der Waals surface area contributed by atoms with E-state index in [-0.39, 0.29) is 5.91 Å². The van der Waals surface area contributed by atoms with Crippen molar-refractivity contribution in [2.45, 2.75) is 12.8 Å². The largest absolute Gasteiger partial charge is 0.326 e. The molecule has 0 unspecified atom stereocenters. The molecular weight excluding hydrogens is 188 g/mol. The average Bonchev–Trinajstić information content (AvgIpc) is 2.26. The summed E-state index contributed by atoms with van der Waals surface area (Å²) in [5.41, 5.74) is 8.31. The Labute approximate surface area is 88.7 Å². The smallest absolute Gasteiger partial charge is 0.224 e. The minimum atomic E-state index is 0.0864. The quantitative estimate of drug-likeness (QED) is 0.611. The predicted molar refractivity (Wildman–Crippen MR) is 59.3 cm³/mol. The number of nitrogens with one attached hydrogen (secondary N) is 1. The second-order valence-electron chi connectivity index (χ2n) is 3.43. The molecule has 0 saturated carbocycles. The van der Waals surface area contributed by atoms with Crippen LogP contribution in [0.15, 0.2) is 18.2 Å². The molecule has 0 atom stereocenters. The van der Waals surface area contributed by atoms with E-state index >= 15 is 0 Å². The third-order valence-electron chi connectivity index (χ3n) is 2.34. The van der Waals surface area contributed by atoms with Crippen LogP contribution in [0, 0.1) is 11.8 Å². The first-order valence-corrected chi connectivity index (χ1v) is 4.91. The summed E-state index contributed by atoms with van der Waals surface area (Å²) in [5.74, 6) is 5.87. The van der Waals surface area contributed by atoms with E-state index in [0.29, 0.717) is 13.0 Å². The first-order valence-electron chi connectivity index (χ1n) is 4.91. The Morgan fingerprint density at radius 2 is 2.27 bits per heavy atom. The summed E-state index contributed by atoms with van der Waals surface area (Å²) < 4.78 is 0. The molecule has 1 aromatic carbocycles. The maximum atomic E-state index is 11.1. The Bertz CT molecular complexity index is 454. The number of anilines is 1. The van der Waals surface area contributed by atoms with Crippen molar-refractivity contribution >= 4 is 11.6 Å². The molecule has 1 aliphatic rings. The number of rotatable bonds is 0. The average molecular weight is 200 g/mol. The molecule has 2 rings (SSSR count). The van der Waals surface area contributed by atoms with Crippen LogP contribution in [0.5, 0.6) is 0 Å². The summed E-state index contributed by atoms with van der Waals surface area (Å²) in [4.78, 5) is 11.1. The SMILES string of the molecule is NCC#Cc1ccc2c(c1)CCC(=O)N2. The van der Waals surface area contributed by atoms with Crippen molar-refractivity contribution in [1.82, 2.24) is 0 Å². The van der Waals surface area contributed by atoms with Gasteiger partial charge in [0.1, 0.15) is 0 Å². The van der Waals surface area contributed by atoms with Gasteiger partial charge in [-0.3, -0.25) is 4.79 Å². The highest BCUT2D eigenvalue weighted by molar-refractivity contribution is 5.93. The van der Waals surface area contributed by atoms with Gasteiger partial charge in [-0.2, -0.15) is 0 Å². The molecule has 1 aliphatic heterocycles. The molecule has 0 radical (unpaired) electrons. The number of hydrogen-bond acceptors (Lipinski definition) is 2. The Kier molecular flexibility index (Phi) is 2.70. The van der Waals surface area contributed by atoms with Crippen LogP contribution < -0.4 is 11.1 Å². The zero-order valence-corrected chi connectivity index (χ0v) is 8.34. The maximum absolute atomic E-state index is 11.1. The van der Waals surface area contributed by atoms with Crippen LogP contribution in [0.3, 0.4) is 0 Å². The Morgan fingerprint density at radius 3 is 3.07 bits per heavy atom. The molecule has 0 saturated heterocycles. The molecule has 0 aliphatic carbocycles. The number of carbonyl (C=O) groups is 1. The van der Waals surface area contributed by atoms with Crippen molar-refractivity contribution in [3.05, 3.63) is 29.3 Å². The molecule has 0 spiro atoms. The van der Waals surface area contributed by atoms with Crippen LogP contribution in [0.25, 0.3) is 0 Å². The second-order valence-corrected chi connectivity index (χ2v) is 3.43. The number of fused-ring (bicyclic) bond motifs is 1. The van der Waals surface area contributed by atoms with Gasteiger partial charge in [0.25, 0.3) is 0 Å². The van der Waals surface area contributed by atoms with Gasteiger partial charge in [-0.25, -0.2) is 0 Å². The summed E-state index contributed by atoms with van der Waals surface area (Å²) in [6.07, 6.45) is 1.35. The number of amides is 1. The van der Waals surface area contributed by atoms with Crippen molar-refractivity contribution in [2.24, 2.45) is 5.73 Å². The summed E-state index contributed by atoms with van der Waals surface area (Å²) >= 11 is 0. The standard InChI is InChI=1S/C12H12N2O/c13-7-1-2-9-3-5-11-10(8-9)4-6-12(15)14-11/h3,5,8H,4,6-7,13H2,(H,14,15). The normalized spacial score (nSPS) is 13.5. The van der Waals surface area contributed by atoms with Gasteiger partial charge < -0.3 is 11.1 Å². The summed E-state index contributed by atoms with van der Waals surface area (Å²) in [5, 5.41) is 2.83. The van der Waals surface area contributed by atoms with Crippen LogP contribution in [-0.2, 0) is 11.2 Å². The number of hydrogen-bond donors (Lipinski definition) is 2. The third-order valence-corrected chi connectivity index (χ3v) is 2.34. The van der Waals surface area contributed by atoms with Crippen molar-refractivity contribution in [3.8, 4) is 11.8 Å². The number of nitrogens with two attached hydrogens (primary N) is 1. The lowest BCUT2D eigenvalue weighted by molar-refractivity contribution is -0.116. The zero-order valence-electron chi connectivity index (χ0n) is 8.34.